The van der Waals surface area contributed by atoms with Gasteiger partial charge in [0.2, 0.25) is 0 Å². The Balaban J connectivity index is 1.72. The molecule has 2 bridgehead atoms. The number of rotatable bonds is 1. The molecule has 108 valence electrons. The Morgan fingerprint density at radius 2 is 1.67 bits per heavy atom. The number of aliphatic hydroxyl groups is 1. The van der Waals surface area contributed by atoms with Crippen LogP contribution >= 0.6 is 0 Å². The standard InChI is InChI=1S/C19H20O2/c20-19(10-14-7-8-15(11-19)21-14)17-9-6-13-5-4-12-2-1-3-16(17)18(12)13/h1-3,6,9,14-15,20H,4-5,7-8,10-11H2. The lowest BCUT2D eigenvalue weighted by atomic mass is 9.80. The van der Waals surface area contributed by atoms with Crippen molar-refractivity contribution in [3.8, 4) is 0 Å². The van der Waals surface area contributed by atoms with E-state index >= 15 is 0 Å². The number of ether oxygens (including phenoxy) is 1. The first-order chi connectivity index (χ1) is 10.2. The van der Waals surface area contributed by atoms with Crippen LogP contribution in [0.4, 0.5) is 0 Å². The first kappa shape index (κ1) is 12.2. The lowest BCUT2D eigenvalue weighted by molar-refractivity contribution is -0.114. The lowest BCUT2D eigenvalue weighted by Gasteiger charge is -2.37. The van der Waals surface area contributed by atoms with Crippen LogP contribution < -0.4 is 0 Å². The normalized spacial score (nSPS) is 33.8. The van der Waals surface area contributed by atoms with Gasteiger partial charge in [-0.15, -0.1) is 0 Å². The average Bonchev–Trinajstić information content (AvgIpc) is 3.05. The van der Waals surface area contributed by atoms with E-state index in [9.17, 15) is 5.11 Å². The van der Waals surface area contributed by atoms with Gasteiger partial charge in [0.05, 0.1) is 17.8 Å². The third-order valence-electron chi connectivity index (χ3n) is 5.70. The van der Waals surface area contributed by atoms with Crippen LogP contribution in [0.1, 0.15) is 42.4 Å². The van der Waals surface area contributed by atoms with Gasteiger partial charge < -0.3 is 9.84 Å². The molecule has 2 heteroatoms. The summed E-state index contributed by atoms with van der Waals surface area (Å²) in [4.78, 5) is 0. The van der Waals surface area contributed by atoms with E-state index in [1.165, 1.54) is 21.9 Å². The summed E-state index contributed by atoms with van der Waals surface area (Å²) in [6, 6.07) is 11.0. The number of benzene rings is 2. The van der Waals surface area contributed by atoms with Crippen LogP contribution in [-0.4, -0.2) is 17.3 Å². The number of fused-ring (bicyclic) bond motifs is 2. The van der Waals surface area contributed by atoms with E-state index < -0.39 is 5.60 Å². The second-order valence-electron chi connectivity index (χ2n) is 7.01. The van der Waals surface area contributed by atoms with Crippen LogP contribution in [0.3, 0.4) is 0 Å². The van der Waals surface area contributed by atoms with Gasteiger partial charge in [-0.1, -0.05) is 30.3 Å². The molecular weight excluding hydrogens is 260 g/mol. The third-order valence-corrected chi connectivity index (χ3v) is 5.70. The minimum absolute atomic E-state index is 0.247. The maximum atomic E-state index is 11.3. The summed E-state index contributed by atoms with van der Waals surface area (Å²) in [5.74, 6) is 0. The molecule has 3 aliphatic rings. The van der Waals surface area contributed by atoms with Crippen molar-refractivity contribution >= 4 is 10.8 Å². The molecule has 5 rings (SSSR count). The number of hydrogen-bond donors (Lipinski definition) is 1. The predicted molar refractivity (Wildman–Crippen MR) is 82.4 cm³/mol. The Bertz CT molecular complexity index is 711. The largest absolute Gasteiger partial charge is 0.385 e. The zero-order valence-electron chi connectivity index (χ0n) is 12.1. The van der Waals surface area contributed by atoms with Crippen LogP contribution in [0.2, 0.25) is 0 Å². The molecule has 2 aromatic rings. The fourth-order valence-electron chi connectivity index (χ4n) is 4.79. The molecule has 0 spiro atoms. The number of aryl methyl sites for hydroxylation is 2. The zero-order chi connectivity index (χ0) is 14.0. The maximum absolute atomic E-state index is 11.3. The van der Waals surface area contributed by atoms with Crippen molar-refractivity contribution in [3.63, 3.8) is 0 Å². The van der Waals surface area contributed by atoms with E-state index in [4.69, 9.17) is 4.74 Å². The molecule has 2 saturated heterocycles. The highest BCUT2D eigenvalue weighted by molar-refractivity contribution is 5.93. The second-order valence-corrected chi connectivity index (χ2v) is 7.01. The van der Waals surface area contributed by atoms with E-state index in [0.29, 0.717) is 0 Å². The Morgan fingerprint density at radius 3 is 2.43 bits per heavy atom. The summed E-state index contributed by atoms with van der Waals surface area (Å²) in [5.41, 5.74) is 3.32. The maximum Gasteiger partial charge on any atom is 0.0951 e. The fraction of sp³-hybridized carbons (Fsp3) is 0.474. The quantitative estimate of drug-likeness (QED) is 0.866. The molecule has 2 unspecified atom stereocenters. The van der Waals surface area contributed by atoms with Gasteiger partial charge in [-0.3, -0.25) is 0 Å². The van der Waals surface area contributed by atoms with Gasteiger partial charge in [0.25, 0.3) is 0 Å². The van der Waals surface area contributed by atoms with Crippen molar-refractivity contribution in [1.29, 1.82) is 0 Å². The van der Waals surface area contributed by atoms with E-state index in [-0.39, 0.29) is 12.2 Å². The smallest absolute Gasteiger partial charge is 0.0951 e. The van der Waals surface area contributed by atoms with Crippen LogP contribution in [-0.2, 0) is 23.2 Å². The van der Waals surface area contributed by atoms with E-state index in [2.05, 4.69) is 30.3 Å². The van der Waals surface area contributed by atoms with Gasteiger partial charge in [0, 0.05) is 12.8 Å². The second kappa shape index (κ2) is 4.08. The summed E-state index contributed by atoms with van der Waals surface area (Å²) in [6.07, 6.45) is 6.49. The Hall–Kier alpha value is -1.38. The van der Waals surface area contributed by atoms with Gasteiger partial charge in [-0.05, 0) is 53.1 Å². The monoisotopic (exact) mass is 280 g/mol. The topological polar surface area (TPSA) is 29.5 Å². The van der Waals surface area contributed by atoms with Crippen molar-refractivity contribution in [2.24, 2.45) is 0 Å². The van der Waals surface area contributed by atoms with E-state index in [0.717, 1.165) is 44.1 Å². The molecule has 2 aliphatic heterocycles. The van der Waals surface area contributed by atoms with Gasteiger partial charge in [0.1, 0.15) is 0 Å². The summed E-state index contributed by atoms with van der Waals surface area (Å²) < 4.78 is 5.93. The molecule has 21 heavy (non-hydrogen) atoms. The predicted octanol–water partition coefficient (Wildman–Crippen LogP) is 3.47. The molecule has 1 N–H and O–H groups in total. The molecule has 1 aliphatic carbocycles. The highest BCUT2D eigenvalue weighted by atomic mass is 16.5. The first-order valence-electron chi connectivity index (χ1n) is 8.15. The van der Waals surface area contributed by atoms with Gasteiger partial charge in [0.15, 0.2) is 0 Å². The Labute approximate surface area is 124 Å². The Kier molecular flexibility index (Phi) is 2.37. The highest BCUT2D eigenvalue weighted by Gasteiger charge is 2.45. The Morgan fingerprint density at radius 1 is 0.952 bits per heavy atom. The van der Waals surface area contributed by atoms with Crippen LogP contribution in [0.15, 0.2) is 30.3 Å². The van der Waals surface area contributed by atoms with Crippen molar-refractivity contribution in [2.75, 3.05) is 0 Å². The average molecular weight is 280 g/mol. The summed E-state index contributed by atoms with van der Waals surface area (Å²) in [6.45, 7) is 0. The molecule has 2 heterocycles. The van der Waals surface area contributed by atoms with Crippen LogP contribution in [0, 0.1) is 0 Å². The fourth-order valence-corrected chi connectivity index (χ4v) is 4.79. The molecule has 2 aromatic carbocycles. The SMILES string of the molecule is OC1(c2ccc3c4c(cccc24)CC3)CC2CCC(C1)O2. The van der Waals surface area contributed by atoms with E-state index in [1.54, 1.807) is 0 Å². The summed E-state index contributed by atoms with van der Waals surface area (Å²) in [7, 11) is 0. The third kappa shape index (κ3) is 1.66. The molecule has 0 amide bonds. The molecule has 2 nitrogen and oxygen atoms in total. The van der Waals surface area contributed by atoms with Gasteiger partial charge >= 0.3 is 0 Å². The summed E-state index contributed by atoms with van der Waals surface area (Å²) >= 11 is 0. The number of hydrogen-bond acceptors (Lipinski definition) is 2. The molecule has 2 atom stereocenters. The van der Waals surface area contributed by atoms with Gasteiger partial charge in [-0.25, -0.2) is 0 Å². The summed E-state index contributed by atoms with van der Waals surface area (Å²) in [5, 5.41) is 14.0. The lowest BCUT2D eigenvalue weighted by Crippen LogP contribution is -2.38. The van der Waals surface area contributed by atoms with Crippen molar-refractivity contribution < 1.29 is 9.84 Å². The zero-order valence-corrected chi connectivity index (χ0v) is 12.1. The minimum Gasteiger partial charge on any atom is -0.385 e. The minimum atomic E-state index is -0.705. The van der Waals surface area contributed by atoms with E-state index in [1.807, 2.05) is 0 Å². The van der Waals surface area contributed by atoms with Crippen LogP contribution in [0.25, 0.3) is 10.8 Å². The molecule has 0 saturated carbocycles. The van der Waals surface area contributed by atoms with Crippen molar-refractivity contribution in [2.45, 2.75) is 56.3 Å². The first-order valence-corrected chi connectivity index (χ1v) is 8.15. The van der Waals surface area contributed by atoms with Gasteiger partial charge in [-0.2, -0.15) is 0 Å². The van der Waals surface area contributed by atoms with Crippen molar-refractivity contribution in [1.82, 2.24) is 0 Å². The molecule has 2 fully saturated rings. The highest BCUT2D eigenvalue weighted by Crippen LogP contribution is 2.47. The van der Waals surface area contributed by atoms with Crippen LogP contribution in [0.5, 0.6) is 0 Å². The van der Waals surface area contributed by atoms with Crippen molar-refractivity contribution in [3.05, 3.63) is 47.0 Å². The molecule has 0 aromatic heterocycles. The molecular formula is C19H20O2. The molecule has 0 radical (unpaired) electrons.